The Morgan fingerprint density at radius 1 is 1.29 bits per heavy atom. The summed E-state index contributed by atoms with van der Waals surface area (Å²) in [5, 5.41) is 1.25. The molecule has 0 saturated heterocycles. The Balaban J connectivity index is 2.81. The fourth-order valence-electron chi connectivity index (χ4n) is 2.10. The van der Waals surface area contributed by atoms with Crippen LogP contribution in [0.15, 0.2) is 22.5 Å². The van der Waals surface area contributed by atoms with E-state index in [0.717, 1.165) is 11.2 Å². The SMILES string of the molecule is Cc1oc2bcccc2c1C(C)(C)C. The van der Waals surface area contributed by atoms with Crippen LogP contribution in [0.25, 0.3) is 10.9 Å². The molecule has 1 nitrogen and oxygen atoms in total. The molecule has 0 spiro atoms. The molecule has 2 heteroatoms. The Hall–Kier alpha value is -1.05. The molecule has 14 heavy (non-hydrogen) atoms. The minimum absolute atomic E-state index is 0.149. The van der Waals surface area contributed by atoms with Crippen molar-refractivity contribution in [3.05, 3.63) is 29.4 Å². The van der Waals surface area contributed by atoms with E-state index in [1.54, 1.807) is 0 Å². The van der Waals surface area contributed by atoms with Gasteiger partial charge in [-0.05, 0) is 0 Å². The van der Waals surface area contributed by atoms with Crippen LogP contribution >= 0.6 is 0 Å². The predicted octanol–water partition coefficient (Wildman–Crippen LogP) is 3.38. The summed E-state index contributed by atoms with van der Waals surface area (Å²) in [6.07, 6.45) is 0. The third kappa shape index (κ3) is 1.39. The molecule has 0 aliphatic heterocycles. The first-order valence-electron chi connectivity index (χ1n) is 4.99. The van der Waals surface area contributed by atoms with Gasteiger partial charge in [-0.2, -0.15) is 0 Å². The van der Waals surface area contributed by atoms with E-state index in [9.17, 15) is 0 Å². The van der Waals surface area contributed by atoms with E-state index in [4.69, 9.17) is 4.42 Å². The van der Waals surface area contributed by atoms with E-state index in [1.807, 2.05) is 19.8 Å². The summed E-state index contributed by atoms with van der Waals surface area (Å²) in [5.74, 6) is 3.05. The second kappa shape index (κ2) is 2.98. The maximum atomic E-state index is 5.73. The second-order valence-electron chi connectivity index (χ2n) is 4.78. The summed E-state index contributed by atoms with van der Waals surface area (Å²) in [7, 11) is 0. The first-order valence-corrected chi connectivity index (χ1v) is 4.99. The zero-order valence-corrected chi connectivity index (χ0v) is 9.22. The van der Waals surface area contributed by atoms with Crippen molar-refractivity contribution in [1.82, 2.24) is 0 Å². The molecule has 0 aliphatic carbocycles. The second-order valence-corrected chi connectivity index (χ2v) is 4.78. The van der Waals surface area contributed by atoms with E-state index in [2.05, 4.69) is 32.9 Å². The maximum absolute atomic E-state index is 5.73. The van der Waals surface area contributed by atoms with Gasteiger partial charge in [0.05, 0.1) is 0 Å². The van der Waals surface area contributed by atoms with Crippen molar-refractivity contribution in [2.45, 2.75) is 33.1 Å². The van der Waals surface area contributed by atoms with Crippen LogP contribution in [-0.4, -0.2) is 6.91 Å². The molecule has 0 atom stereocenters. The van der Waals surface area contributed by atoms with Crippen molar-refractivity contribution >= 4 is 17.8 Å². The van der Waals surface area contributed by atoms with Crippen molar-refractivity contribution in [2.24, 2.45) is 0 Å². The van der Waals surface area contributed by atoms with E-state index < -0.39 is 0 Å². The summed E-state index contributed by atoms with van der Waals surface area (Å²) in [4.78, 5) is 0. The van der Waals surface area contributed by atoms with Crippen molar-refractivity contribution in [1.29, 1.82) is 0 Å². The van der Waals surface area contributed by atoms with E-state index >= 15 is 0 Å². The molecule has 0 fully saturated rings. The van der Waals surface area contributed by atoms with Crippen LogP contribution in [0.3, 0.4) is 0 Å². The molecule has 0 radical (unpaired) electrons. The van der Waals surface area contributed by atoms with Crippen molar-refractivity contribution in [2.75, 3.05) is 0 Å². The van der Waals surface area contributed by atoms with Gasteiger partial charge in [-0.1, -0.05) is 0 Å². The van der Waals surface area contributed by atoms with E-state index in [-0.39, 0.29) is 5.41 Å². The van der Waals surface area contributed by atoms with Crippen LogP contribution in [0, 0.1) is 6.92 Å². The third-order valence-electron chi connectivity index (χ3n) is 2.52. The fraction of sp³-hybridized carbons (Fsp3) is 0.417. The van der Waals surface area contributed by atoms with E-state index in [1.165, 1.54) is 10.9 Å². The van der Waals surface area contributed by atoms with Gasteiger partial charge in [0.15, 0.2) is 0 Å². The summed E-state index contributed by atoms with van der Waals surface area (Å²) in [5.41, 5.74) is 2.47. The van der Waals surface area contributed by atoms with Gasteiger partial charge in [0.2, 0.25) is 0 Å². The average Bonchev–Trinajstić information content (AvgIpc) is 2.38. The summed E-state index contributed by atoms with van der Waals surface area (Å²) in [6, 6.07) is 4.19. The van der Waals surface area contributed by atoms with Crippen LogP contribution < -0.4 is 0 Å². The van der Waals surface area contributed by atoms with Crippen LogP contribution in [0.2, 0.25) is 0 Å². The molecule has 0 amide bonds. The van der Waals surface area contributed by atoms with Gasteiger partial charge in [0, 0.05) is 0 Å². The normalized spacial score (nSPS) is 12.0. The molecule has 2 heterocycles. The molecular weight excluding hydrogens is 171 g/mol. The van der Waals surface area contributed by atoms with E-state index in [0.29, 0.717) is 0 Å². The molecule has 2 aromatic heterocycles. The molecule has 72 valence electrons. The molecule has 0 unspecified atom stereocenters. The number of furan rings is 1. The Bertz CT molecular complexity index is 463. The van der Waals surface area contributed by atoms with Crippen molar-refractivity contribution < 1.29 is 4.42 Å². The molecule has 2 aromatic rings. The zero-order chi connectivity index (χ0) is 10.3. The van der Waals surface area contributed by atoms with Crippen molar-refractivity contribution in [3.8, 4) is 0 Å². The summed E-state index contributed by atoms with van der Waals surface area (Å²) >= 11 is 0. The minimum atomic E-state index is 0.149. The van der Waals surface area contributed by atoms with Crippen molar-refractivity contribution in [3.63, 3.8) is 0 Å². The molecule has 2 rings (SSSR count). The van der Waals surface area contributed by atoms with Gasteiger partial charge in [-0.3, -0.25) is 0 Å². The Kier molecular flexibility index (Phi) is 2.02. The molecule has 0 N–H and O–H groups in total. The number of rotatable bonds is 0. The number of hydrogen-bond donors (Lipinski definition) is 0. The molecule has 0 aromatic carbocycles. The quantitative estimate of drug-likeness (QED) is 0.614. The standard InChI is InChI=1S/C12H15BO/c1-8-10(12(2,3)4)9-6-5-7-13-11(9)14-8/h5-7H,1-4H3. The first-order chi connectivity index (χ1) is 6.50. The van der Waals surface area contributed by atoms with Crippen LogP contribution in [0.1, 0.15) is 32.1 Å². The molecular formula is C12H15BO. The Labute approximate surface area is 85.3 Å². The van der Waals surface area contributed by atoms with Gasteiger partial charge in [-0.25, -0.2) is 0 Å². The number of fused-ring (bicyclic) bond motifs is 1. The number of hydrogen-bond acceptors (Lipinski definition) is 1. The Morgan fingerprint density at radius 3 is 2.64 bits per heavy atom. The first kappa shape index (κ1) is 9.51. The van der Waals surface area contributed by atoms with Gasteiger partial charge in [-0.15, -0.1) is 0 Å². The fourth-order valence-corrected chi connectivity index (χ4v) is 2.10. The molecule has 0 saturated carbocycles. The molecule has 0 bridgehead atoms. The topological polar surface area (TPSA) is 13.1 Å². The zero-order valence-electron chi connectivity index (χ0n) is 9.22. The van der Waals surface area contributed by atoms with Gasteiger partial charge < -0.3 is 0 Å². The Morgan fingerprint density at radius 2 is 2.00 bits per heavy atom. The van der Waals surface area contributed by atoms with Gasteiger partial charge >= 0.3 is 84.7 Å². The summed E-state index contributed by atoms with van der Waals surface area (Å²) < 4.78 is 5.73. The van der Waals surface area contributed by atoms with Crippen LogP contribution in [0.5, 0.6) is 0 Å². The monoisotopic (exact) mass is 186 g/mol. The average molecular weight is 186 g/mol. The third-order valence-corrected chi connectivity index (χ3v) is 2.52. The molecule has 0 aliphatic rings. The predicted molar refractivity (Wildman–Crippen MR) is 61.0 cm³/mol. The summed E-state index contributed by atoms with van der Waals surface area (Å²) in [6.45, 7) is 10.7. The van der Waals surface area contributed by atoms with Crippen LogP contribution in [-0.2, 0) is 5.41 Å². The van der Waals surface area contributed by atoms with Gasteiger partial charge in [0.1, 0.15) is 0 Å². The van der Waals surface area contributed by atoms with Crippen LogP contribution in [0.4, 0.5) is 0 Å². The van der Waals surface area contributed by atoms with Gasteiger partial charge in [0.25, 0.3) is 0 Å². The number of aryl methyl sites for hydroxylation is 1.